The van der Waals surface area contributed by atoms with Gasteiger partial charge in [-0.25, -0.2) is 8.42 Å². The maximum Gasteiger partial charge on any atom is 0.262 e. The summed E-state index contributed by atoms with van der Waals surface area (Å²) < 4.78 is 23.8. The van der Waals surface area contributed by atoms with E-state index in [1.54, 1.807) is 29.2 Å². The Bertz CT molecular complexity index is 869. The van der Waals surface area contributed by atoms with Crippen LogP contribution >= 0.6 is 0 Å². The second kappa shape index (κ2) is 6.74. The van der Waals surface area contributed by atoms with Gasteiger partial charge in [0, 0.05) is 12.1 Å². The van der Waals surface area contributed by atoms with Crippen molar-refractivity contribution in [1.29, 1.82) is 0 Å². The highest BCUT2D eigenvalue weighted by atomic mass is 32.2. The molecule has 144 valence electrons. The van der Waals surface area contributed by atoms with E-state index in [4.69, 9.17) is 0 Å². The zero-order valence-electron chi connectivity index (χ0n) is 15.0. The second-order valence-electron chi connectivity index (χ2n) is 7.54. The van der Waals surface area contributed by atoms with Crippen molar-refractivity contribution < 1.29 is 22.8 Å². The number of sulfone groups is 1. The quantitative estimate of drug-likeness (QED) is 0.722. The van der Waals surface area contributed by atoms with E-state index in [9.17, 15) is 22.8 Å². The van der Waals surface area contributed by atoms with Gasteiger partial charge in [-0.1, -0.05) is 25.0 Å². The van der Waals surface area contributed by atoms with E-state index < -0.39 is 21.7 Å². The average Bonchev–Trinajstić information content (AvgIpc) is 3.33. The molecule has 2 aliphatic heterocycles. The number of imide groups is 1. The SMILES string of the molecule is O=C1c2ccccc2C(=O)N1CC(=O)N(C1CCCC1)[C@@H]1CCS(=O)(=O)C1. The summed E-state index contributed by atoms with van der Waals surface area (Å²) in [4.78, 5) is 40.9. The predicted molar refractivity (Wildman–Crippen MR) is 98.0 cm³/mol. The number of benzene rings is 1. The molecular formula is C19H22N2O5S. The van der Waals surface area contributed by atoms with Crippen LogP contribution in [-0.4, -0.2) is 66.1 Å². The molecule has 2 fully saturated rings. The minimum Gasteiger partial charge on any atom is -0.334 e. The van der Waals surface area contributed by atoms with E-state index in [1.165, 1.54) is 0 Å². The molecule has 1 saturated carbocycles. The second-order valence-corrected chi connectivity index (χ2v) is 9.77. The fraction of sp³-hybridized carbons (Fsp3) is 0.526. The van der Waals surface area contributed by atoms with Crippen LogP contribution in [0.4, 0.5) is 0 Å². The molecule has 0 aromatic heterocycles. The fourth-order valence-electron chi connectivity index (χ4n) is 4.48. The smallest absolute Gasteiger partial charge is 0.262 e. The van der Waals surface area contributed by atoms with E-state index >= 15 is 0 Å². The van der Waals surface area contributed by atoms with Gasteiger partial charge in [0.1, 0.15) is 6.54 Å². The summed E-state index contributed by atoms with van der Waals surface area (Å²) >= 11 is 0. The number of hydrogen-bond donors (Lipinski definition) is 0. The average molecular weight is 390 g/mol. The molecule has 0 unspecified atom stereocenters. The van der Waals surface area contributed by atoms with E-state index in [0.717, 1.165) is 30.6 Å². The molecule has 0 N–H and O–H groups in total. The molecule has 1 atom stereocenters. The predicted octanol–water partition coefficient (Wildman–Crippen LogP) is 1.24. The van der Waals surface area contributed by atoms with Crippen LogP contribution in [0.3, 0.4) is 0 Å². The third-order valence-corrected chi connectivity index (χ3v) is 7.53. The summed E-state index contributed by atoms with van der Waals surface area (Å²) in [6.07, 6.45) is 4.10. The molecule has 4 rings (SSSR count). The van der Waals surface area contributed by atoms with Crippen molar-refractivity contribution in [2.45, 2.75) is 44.2 Å². The van der Waals surface area contributed by atoms with Gasteiger partial charge in [-0.2, -0.15) is 0 Å². The lowest BCUT2D eigenvalue weighted by molar-refractivity contribution is -0.135. The minimum atomic E-state index is -3.14. The third-order valence-electron chi connectivity index (χ3n) is 5.78. The lowest BCUT2D eigenvalue weighted by Crippen LogP contribution is -2.51. The Hall–Kier alpha value is -2.22. The summed E-state index contributed by atoms with van der Waals surface area (Å²) in [6.45, 7) is -0.334. The third kappa shape index (κ3) is 3.26. The maximum atomic E-state index is 13.1. The zero-order valence-corrected chi connectivity index (χ0v) is 15.8. The molecule has 3 aliphatic rings. The summed E-state index contributed by atoms with van der Waals surface area (Å²) in [5, 5.41) is 0. The number of rotatable bonds is 4. The molecular weight excluding hydrogens is 368 g/mol. The van der Waals surface area contributed by atoms with E-state index in [-0.39, 0.29) is 36.0 Å². The first-order valence-electron chi connectivity index (χ1n) is 9.34. The minimum absolute atomic E-state index is 0.00835. The van der Waals surface area contributed by atoms with Crippen molar-refractivity contribution in [2.24, 2.45) is 0 Å². The van der Waals surface area contributed by atoms with Crippen molar-refractivity contribution in [3.8, 4) is 0 Å². The van der Waals surface area contributed by atoms with Gasteiger partial charge in [-0.15, -0.1) is 0 Å². The molecule has 1 saturated heterocycles. The van der Waals surface area contributed by atoms with Crippen molar-refractivity contribution in [3.63, 3.8) is 0 Å². The monoisotopic (exact) mass is 390 g/mol. The Kier molecular flexibility index (Phi) is 4.53. The molecule has 7 nitrogen and oxygen atoms in total. The number of fused-ring (bicyclic) bond motifs is 1. The molecule has 3 amide bonds. The molecule has 2 heterocycles. The Morgan fingerprint density at radius 3 is 2.11 bits per heavy atom. The van der Waals surface area contributed by atoms with E-state index in [1.807, 2.05) is 0 Å². The highest BCUT2D eigenvalue weighted by Crippen LogP contribution is 2.30. The lowest BCUT2D eigenvalue weighted by atomic mass is 10.1. The van der Waals surface area contributed by atoms with Gasteiger partial charge >= 0.3 is 0 Å². The van der Waals surface area contributed by atoms with Gasteiger partial charge in [0.15, 0.2) is 9.84 Å². The summed E-state index contributed by atoms with van der Waals surface area (Å²) in [6, 6.07) is 6.16. The van der Waals surface area contributed by atoms with Crippen LogP contribution < -0.4 is 0 Å². The van der Waals surface area contributed by atoms with Crippen molar-refractivity contribution in [3.05, 3.63) is 35.4 Å². The molecule has 27 heavy (non-hydrogen) atoms. The molecule has 8 heteroatoms. The molecule has 0 radical (unpaired) electrons. The molecule has 0 bridgehead atoms. The molecule has 1 aromatic carbocycles. The van der Waals surface area contributed by atoms with Crippen LogP contribution in [0.5, 0.6) is 0 Å². The van der Waals surface area contributed by atoms with Crippen LogP contribution in [0.2, 0.25) is 0 Å². The zero-order chi connectivity index (χ0) is 19.2. The van der Waals surface area contributed by atoms with Crippen LogP contribution in [0.15, 0.2) is 24.3 Å². The first kappa shape index (κ1) is 18.2. The Labute approximate surface area is 158 Å². The number of hydrogen-bond acceptors (Lipinski definition) is 5. The standard InChI is InChI=1S/C19H22N2O5S/c22-17(11-20-18(23)15-7-3-4-8-16(15)19(20)24)21(13-5-1-2-6-13)14-9-10-27(25,26)12-14/h3-4,7-8,13-14H,1-2,5-6,9-12H2/t14-/m1/s1. The van der Waals surface area contributed by atoms with Gasteiger partial charge in [0.25, 0.3) is 11.8 Å². The Balaban J connectivity index is 1.56. The number of carbonyl (C=O) groups excluding carboxylic acids is 3. The maximum absolute atomic E-state index is 13.1. The summed E-state index contributed by atoms with van der Waals surface area (Å²) in [7, 11) is -3.14. The van der Waals surface area contributed by atoms with Crippen molar-refractivity contribution in [1.82, 2.24) is 9.80 Å². The summed E-state index contributed by atoms with van der Waals surface area (Å²) in [5.74, 6) is -1.21. The van der Waals surface area contributed by atoms with E-state index in [0.29, 0.717) is 17.5 Å². The topological polar surface area (TPSA) is 91.8 Å². The van der Waals surface area contributed by atoms with Crippen LogP contribution in [0.1, 0.15) is 52.8 Å². The van der Waals surface area contributed by atoms with Crippen LogP contribution in [-0.2, 0) is 14.6 Å². The molecule has 1 aromatic rings. The van der Waals surface area contributed by atoms with Crippen molar-refractivity contribution in [2.75, 3.05) is 18.1 Å². The first-order valence-corrected chi connectivity index (χ1v) is 11.2. The largest absolute Gasteiger partial charge is 0.334 e. The van der Waals surface area contributed by atoms with E-state index in [2.05, 4.69) is 0 Å². The van der Waals surface area contributed by atoms with Gasteiger partial charge < -0.3 is 4.90 Å². The number of carbonyl (C=O) groups is 3. The number of amides is 3. The van der Waals surface area contributed by atoms with Crippen LogP contribution in [0, 0.1) is 0 Å². The summed E-state index contributed by atoms with van der Waals surface area (Å²) in [5.41, 5.74) is 0.623. The van der Waals surface area contributed by atoms with Gasteiger partial charge in [0.2, 0.25) is 5.91 Å². The Morgan fingerprint density at radius 2 is 1.59 bits per heavy atom. The van der Waals surface area contributed by atoms with Gasteiger partial charge in [-0.05, 0) is 31.4 Å². The van der Waals surface area contributed by atoms with Gasteiger partial charge in [-0.3, -0.25) is 19.3 Å². The number of nitrogens with zero attached hydrogens (tertiary/aromatic N) is 2. The van der Waals surface area contributed by atoms with Crippen LogP contribution in [0.25, 0.3) is 0 Å². The fourth-order valence-corrected chi connectivity index (χ4v) is 6.19. The normalized spacial score (nSPS) is 24.4. The molecule has 0 spiro atoms. The Morgan fingerprint density at radius 1 is 1.00 bits per heavy atom. The molecule has 1 aliphatic carbocycles. The first-order chi connectivity index (χ1) is 12.9. The van der Waals surface area contributed by atoms with Gasteiger partial charge in [0.05, 0.1) is 22.6 Å². The van der Waals surface area contributed by atoms with Crippen molar-refractivity contribution >= 4 is 27.6 Å². The highest BCUT2D eigenvalue weighted by Gasteiger charge is 2.42. The lowest BCUT2D eigenvalue weighted by Gasteiger charge is -2.35. The highest BCUT2D eigenvalue weighted by molar-refractivity contribution is 7.91.